The second-order valence-electron chi connectivity index (χ2n) is 11.6. The zero-order valence-electron chi connectivity index (χ0n) is 24.6. The number of carbonyl (C=O) groups is 1. The Hall–Kier alpha value is -3.93. The third-order valence-electron chi connectivity index (χ3n) is 8.62. The summed E-state index contributed by atoms with van der Waals surface area (Å²) in [6, 6.07) is 22.7. The van der Waals surface area contributed by atoms with Gasteiger partial charge in [0.2, 0.25) is 15.9 Å². The molecule has 1 aromatic heterocycles. The Morgan fingerprint density at radius 1 is 0.889 bits per heavy atom. The van der Waals surface area contributed by atoms with E-state index < -0.39 is 32.7 Å². The Morgan fingerprint density at radius 2 is 1.69 bits per heavy atom. The molecule has 3 aromatic carbocycles. The van der Waals surface area contributed by atoms with Crippen LogP contribution in [0.5, 0.6) is 0 Å². The SMILES string of the molecule is O=C(CC1c2cccn2CCN1S(=O)(=O)c1cccc(C(F)(F)F)c1)NC1CCCc2cc(CNCc3ccccc3)ccc21. The van der Waals surface area contributed by atoms with Crippen molar-refractivity contribution in [2.75, 3.05) is 6.54 Å². The van der Waals surface area contributed by atoms with Crippen LogP contribution in [0.4, 0.5) is 13.2 Å². The molecule has 2 unspecified atom stereocenters. The number of hydrogen-bond donors (Lipinski definition) is 2. The number of nitrogens with one attached hydrogen (secondary N) is 2. The maximum Gasteiger partial charge on any atom is 0.416 e. The topological polar surface area (TPSA) is 83.4 Å². The summed E-state index contributed by atoms with van der Waals surface area (Å²) in [7, 11) is -4.34. The van der Waals surface area contributed by atoms with Crippen molar-refractivity contribution >= 4 is 15.9 Å². The van der Waals surface area contributed by atoms with Gasteiger partial charge in [-0.3, -0.25) is 4.79 Å². The lowest BCUT2D eigenvalue weighted by atomic mass is 9.86. The van der Waals surface area contributed by atoms with Crippen molar-refractivity contribution in [1.29, 1.82) is 0 Å². The quantitative estimate of drug-likeness (QED) is 0.232. The molecule has 2 N–H and O–H groups in total. The van der Waals surface area contributed by atoms with Gasteiger partial charge in [-0.1, -0.05) is 54.6 Å². The van der Waals surface area contributed by atoms with Gasteiger partial charge in [-0.05, 0) is 71.8 Å². The minimum Gasteiger partial charge on any atom is -0.349 e. The Labute approximate surface area is 261 Å². The maximum absolute atomic E-state index is 13.7. The predicted octanol–water partition coefficient (Wildman–Crippen LogP) is 6.13. The first-order valence-electron chi connectivity index (χ1n) is 15.1. The molecule has 236 valence electrons. The van der Waals surface area contributed by atoms with Crippen LogP contribution in [0.3, 0.4) is 0 Å². The van der Waals surface area contributed by atoms with Gasteiger partial charge in [0.25, 0.3) is 0 Å². The van der Waals surface area contributed by atoms with Crippen molar-refractivity contribution in [1.82, 2.24) is 19.5 Å². The van der Waals surface area contributed by atoms with Gasteiger partial charge < -0.3 is 15.2 Å². The zero-order chi connectivity index (χ0) is 31.6. The summed E-state index contributed by atoms with van der Waals surface area (Å²) in [5.74, 6) is -0.314. The number of amides is 1. The lowest BCUT2D eigenvalue weighted by Crippen LogP contribution is -2.44. The van der Waals surface area contributed by atoms with Gasteiger partial charge in [0.15, 0.2) is 0 Å². The summed E-state index contributed by atoms with van der Waals surface area (Å²) in [6.07, 6.45) is -0.447. The first kappa shape index (κ1) is 31.1. The van der Waals surface area contributed by atoms with E-state index in [1.807, 2.05) is 29.0 Å². The van der Waals surface area contributed by atoms with E-state index in [4.69, 9.17) is 0 Å². The monoisotopic (exact) mass is 636 g/mol. The molecule has 4 aromatic rings. The van der Waals surface area contributed by atoms with Gasteiger partial charge in [-0.15, -0.1) is 0 Å². The summed E-state index contributed by atoms with van der Waals surface area (Å²) >= 11 is 0. The van der Waals surface area contributed by atoms with E-state index in [-0.39, 0.29) is 24.9 Å². The van der Waals surface area contributed by atoms with Crippen molar-refractivity contribution in [3.8, 4) is 0 Å². The van der Waals surface area contributed by atoms with Gasteiger partial charge in [0, 0.05) is 44.5 Å². The molecule has 0 bridgehead atoms. The number of nitrogens with zero attached hydrogens (tertiary/aromatic N) is 2. The summed E-state index contributed by atoms with van der Waals surface area (Å²) in [5.41, 5.74) is 4.21. The first-order chi connectivity index (χ1) is 21.6. The Balaban J connectivity index is 1.17. The van der Waals surface area contributed by atoms with Gasteiger partial charge in [-0.25, -0.2) is 8.42 Å². The molecule has 45 heavy (non-hydrogen) atoms. The first-order valence-corrected chi connectivity index (χ1v) is 16.5. The van der Waals surface area contributed by atoms with Crippen LogP contribution < -0.4 is 10.6 Å². The molecule has 1 aliphatic carbocycles. The van der Waals surface area contributed by atoms with Crippen molar-refractivity contribution in [3.05, 3.63) is 125 Å². The van der Waals surface area contributed by atoms with Crippen molar-refractivity contribution in [3.63, 3.8) is 0 Å². The molecule has 1 amide bonds. The molecular formula is C34H35F3N4O3S. The Morgan fingerprint density at radius 3 is 2.49 bits per heavy atom. The fourth-order valence-electron chi connectivity index (χ4n) is 6.41. The standard InChI is InChI=1S/C34H35F3N4O3S/c35-34(36,37)27-10-5-11-28(20-27)45(43,44)41-18-17-40-16-6-13-31(40)32(41)21-33(42)39-30-12-4-9-26-19-25(14-15-29(26)30)23-38-22-24-7-2-1-3-8-24/h1-3,5-8,10-11,13-16,19-20,30,32,38H,4,9,12,17-18,21-23H2,(H,39,42). The van der Waals surface area contributed by atoms with Crippen LogP contribution in [0.15, 0.2) is 96.0 Å². The summed E-state index contributed by atoms with van der Waals surface area (Å²) in [5, 5.41) is 6.61. The third kappa shape index (κ3) is 6.85. The maximum atomic E-state index is 13.7. The number of hydrogen-bond acceptors (Lipinski definition) is 4. The highest BCUT2D eigenvalue weighted by Crippen LogP contribution is 2.37. The Kier molecular flexibility index (Phi) is 8.85. The lowest BCUT2D eigenvalue weighted by molar-refractivity contribution is -0.137. The summed E-state index contributed by atoms with van der Waals surface area (Å²) in [6.45, 7) is 1.85. The predicted molar refractivity (Wildman–Crippen MR) is 164 cm³/mol. The molecule has 6 rings (SSSR count). The fraction of sp³-hybridized carbons (Fsp3) is 0.324. The van der Waals surface area contributed by atoms with Crippen molar-refractivity contribution in [2.24, 2.45) is 0 Å². The normalized spacial score (nSPS) is 18.6. The minimum absolute atomic E-state index is 0.0333. The van der Waals surface area contributed by atoms with E-state index in [1.165, 1.54) is 21.5 Å². The zero-order valence-corrected chi connectivity index (χ0v) is 25.4. The number of sulfonamides is 1. The molecule has 2 aliphatic rings. The summed E-state index contributed by atoms with van der Waals surface area (Å²) in [4.78, 5) is 13.1. The number of aromatic nitrogens is 1. The average Bonchev–Trinajstić information content (AvgIpc) is 3.51. The smallest absolute Gasteiger partial charge is 0.349 e. The number of fused-ring (bicyclic) bond motifs is 2. The number of halogens is 3. The number of alkyl halides is 3. The molecule has 2 heterocycles. The van der Waals surface area contributed by atoms with Crippen molar-refractivity contribution in [2.45, 2.75) is 68.5 Å². The van der Waals surface area contributed by atoms with Crippen LogP contribution in [0.25, 0.3) is 0 Å². The summed E-state index contributed by atoms with van der Waals surface area (Å²) < 4.78 is 70.8. The molecule has 0 radical (unpaired) electrons. The number of benzene rings is 3. The second kappa shape index (κ2) is 12.8. The molecule has 2 atom stereocenters. The number of carbonyl (C=O) groups excluding carboxylic acids is 1. The highest BCUT2D eigenvalue weighted by molar-refractivity contribution is 7.89. The van der Waals surface area contributed by atoms with E-state index in [1.54, 1.807) is 12.1 Å². The second-order valence-corrected chi connectivity index (χ2v) is 13.5. The van der Waals surface area contributed by atoms with E-state index in [2.05, 4.69) is 41.0 Å². The Bertz CT molecular complexity index is 1770. The van der Waals surface area contributed by atoms with Crippen LogP contribution in [0, 0.1) is 0 Å². The van der Waals surface area contributed by atoms with Crippen LogP contribution in [0.2, 0.25) is 0 Å². The molecular weight excluding hydrogens is 601 g/mol. The lowest BCUT2D eigenvalue weighted by Gasteiger charge is -2.36. The molecule has 0 fully saturated rings. The van der Waals surface area contributed by atoms with Crippen LogP contribution in [-0.2, 0) is 47.0 Å². The van der Waals surface area contributed by atoms with Gasteiger partial charge >= 0.3 is 6.18 Å². The third-order valence-corrected chi connectivity index (χ3v) is 10.5. The molecule has 11 heteroatoms. The molecule has 0 spiro atoms. The highest BCUT2D eigenvalue weighted by Gasteiger charge is 2.39. The van der Waals surface area contributed by atoms with E-state index in [9.17, 15) is 26.4 Å². The van der Waals surface area contributed by atoms with Crippen LogP contribution in [-0.4, -0.2) is 29.7 Å². The van der Waals surface area contributed by atoms with Gasteiger partial charge in [0.1, 0.15) is 0 Å². The average molecular weight is 637 g/mol. The van der Waals surface area contributed by atoms with Gasteiger partial charge in [-0.2, -0.15) is 17.5 Å². The highest BCUT2D eigenvalue weighted by atomic mass is 32.2. The van der Waals surface area contributed by atoms with Crippen LogP contribution in [0.1, 0.15) is 64.9 Å². The van der Waals surface area contributed by atoms with E-state index >= 15 is 0 Å². The van der Waals surface area contributed by atoms with E-state index in [0.29, 0.717) is 18.3 Å². The fourth-order valence-corrected chi connectivity index (χ4v) is 8.05. The molecule has 0 saturated heterocycles. The molecule has 7 nitrogen and oxygen atoms in total. The largest absolute Gasteiger partial charge is 0.416 e. The number of aryl methyl sites for hydroxylation is 1. The van der Waals surface area contributed by atoms with E-state index in [0.717, 1.165) is 55.6 Å². The van der Waals surface area contributed by atoms with Gasteiger partial charge in [0.05, 0.1) is 22.5 Å². The van der Waals surface area contributed by atoms with Crippen LogP contribution >= 0.6 is 0 Å². The van der Waals surface area contributed by atoms with Crippen molar-refractivity contribution < 1.29 is 26.4 Å². The molecule has 1 aliphatic heterocycles. The molecule has 0 saturated carbocycles. The number of rotatable bonds is 9. The minimum atomic E-state index is -4.68.